The molecule has 2 aliphatic rings. The molecule has 0 unspecified atom stereocenters. The SMILES string of the molecule is O=C(C1COC1)N1CCN(c2ccc3nncc(NCc4cccc(C(F)(F)CO)c4F)c3c2)CC1. The molecule has 2 aromatic carbocycles. The van der Waals surface area contributed by atoms with Crippen molar-refractivity contribution in [2.24, 2.45) is 5.92 Å². The van der Waals surface area contributed by atoms with Gasteiger partial charge < -0.3 is 25.0 Å². The number of anilines is 2. The Morgan fingerprint density at radius 3 is 2.64 bits per heavy atom. The fraction of sp³-hybridized carbons (Fsp3) is 0.400. The summed E-state index contributed by atoms with van der Waals surface area (Å²) in [5.41, 5.74) is 1.36. The van der Waals surface area contributed by atoms with E-state index in [1.54, 1.807) is 0 Å². The molecule has 0 saturated carbocycles. The number of aliphatic hydroxyl groups excluding tert-OH is 1. The largest absolute Gasteiger partial charge is 0.390 e. The molecule has 2 N–H and O–H groups in total. The van der Waals surface area contributed by atoms with Gasteiger partial charge in [0.05, 0.1) is 42.1 Å². The molecule has 2 fully saturated rings. The van der Waals surface area contributed by atoms with Gasteiger partial charge in [-0.3, -0.25) is 4.79 Å². The Hall–Kier alpha value is -3.44. The number of carbonyl (C=O) groups excluding carboxylic acids is 1. The summed E-state index contributed by atoms with van der Waals surface area (Å²) in [6.45, 7) is 2.09. The molecule has 0 radical (unpaired) electrons. The van der Waals surface area contributed by atoms with Crippen molar-refractivity contribution in [1.29, 1.82) is 0 Å². The number of nitrogens with one attached hydrogen (secondary N) is 1. The van der Waals surface area contributed by atoms with Gasteiger partial charge in [0.15, 0.2) is 0 Å². The number of aromatic nitrogens is 2. The summed E-state index contributed by atoms with van der Waals surface area (Å²) < 4.78 is 47.6. The molecule has 5 rings (SSSR count). The quantitative estimate of drug-likeness (QED) is 0.515. The maximum Gasteiger partial charge on any atom is 0.298 e. The highest BCUT2D eigenvalue weighted by atomic mass is 19.3. The third-order valence-corrected chi connectivity index (χ3v) is 6.71. The maximum absolute atomic E-state index is 14.7. The Kier molecular flexibility index (Phi) is 6.67. The highest BCUT2D eigenvalue weighted by Gasteiger charge is 2.34. The van der Waals surface area contributed by atoms with Crippen LogP contribution < -0.4 is 10.2 Å². The first-order valence-electron chi connectivity index (χ1n) is 11.7. The number of alkyl halides is 2. The second-order valence-corrected chi connectivity index (χ2v) is 9.00. The minimum atomic E-state index is -3.67. The molecule has 0 bridgehead atoms. The smallest absolute Gasteiger partial charge is 0.298 e. The van der Waals surface area contributed by atoms with E-state index in [0.29, 0.717) is 50.6 Å². The molecule has 0 aliphatic carbocycles. The molecule has 3 heterocycles. The summed E-state index contributed by atoms with van der Waals surface area (Å²) >= 11 is 0. The van der Waals surface area contributed by atoms with Gasteiger partial charge in [0, 0.05) is 49.4 Å². The third kappa shape index (κ3) is 4.68. The minimum absolute atomic E-state index is 0.0233. The second kappa shape index (κ2) is 9.90. The lowest BCUT2D eigenvalue weighted by molar-refractivity contribution is -0.150. The molecule has 0 atom stereocenters. The van der Waals surface area contributed by atoms with Crippen LogP contribution in [0.4, 0.5) is 24.5 Å². The van der Waals surface area contributed by atoms with Gasteiger partial charge in [0.2, 0.25) is 5.91 Å². The van der Waals surface area contributed by atoms with Gasteiger partial charge in [-0.2, -0.15) is 19.0 Å². The molecule has 36 heavy (non-hydrogen) atoms. The van der Waals surface area contributed by atoms with E-state index in [1.807, 2.05) is 23.1 Å². The van der Waals surface area contributed by atoms with Gasteiger partial charge >= 0.3 is 0 Å². The first-order chi connectivity index (χ1) is 17.4. The number of rotatable bonds is 7. The number of halogens is 3. The normalized spacial score (nSPS) is 16.8. The van der Waals surface area contributed by atoms with E-state index < -0.39 is 23.9 Å². The third-order valence-electron chi connectivity index (χ3n) is 6.71. The van der Waals surface area contributed by atoms with Gasteiger partial charge in [0.1, 0.15) is 12.4 Å². The molecular weight excluding hydrogens is 475 g/mol. The average Bonchev–Trinajstić information content (AvgIpc) is 2.86. The Labute approximate surface area is 205 Å². The topological polar surface area (TPSA) is 90.8 Å². The lowest BCUT2D eigenvalue weighted by atomic mass is 10.0. The van der Waals surface area contributed by atoms with Gasteiger partial charge in [-0.15, -0.1) is 0 Å². The number of aliphatic hydroxyl groups is 1. The zero-order valence-electron chi connectivity index (χ0n) is 19.5. The minimum Gasteiger partial charge on any atom is -0.390 e. The highest BCUT2D eigenvalue weighted by molar-refractivity contribution is 5.93. The summed E-state index contributed by atoms with van der Waals surface area (Å²) in [6.07, 6.45) is 1.51. The number of hydrogen-bond donors (Lipinski definition) is 2. The predicted octanol–water partition coefficient (Wildman–Crippen LogP) is 2.76. The summed E-state index contributed by atoms with van der Waals surface area (Å²) in [4.78, 5) is 16.5. The molecule has 2 saturated heterocycles. The predicted molar refractivity (Wildman–Crippen MR) is 127 cm³/mol. The Balaban J connectivity index is 1.31. The van der Waals surface area contributed by atoms with Crippen LogP contribution in [0.1, 0.15) is 11.1 Å². The number of hydrogen-bond acceptors (Lipinski definition) is 7. The second-order valence-electron chi connectivity index (χ2n) is 9.00. The summed E-state index contributed by atoms with van der Waals surface area (Å²) in [6, 6.07) is 9.46. The van der Waals surface area contributed by atoms with E-state index in [0.717, 1.165) is 17.1 Å². The van der Waals surface area contributed by atoms with Crippen LogP contribution in [0.15, 0.2) is 42.6 Å². The van der Waals surface area contributed by atoms with E-state index in [-0.39, 0.29) is 23.9 Å². The zero-order valence-corrected chi connectivity index (χ0v) is 19.5. The van der Waals surface area contributed by atoms with Crippen LogP contribution >= 0.6 is 0 Å². The van der Waals surface area contributed by atoms with Gasteiger partial charge in [-0.25, -0.2) is 4.39 Å². The van der Waals surface area contributed by atoms with Gasteiger partial charge in [-0.05, 0) is 24.3 Å². The molecular formula is C25H26F3N5O3. The van der Waals surface area contributed by atoms with Crippen LogP contribution in [0.2, 0.25) is 0 Å². The number of fused-ring (bicyclic) bond motifs is 1. The van der Waals surface area contributed by atoms with Crippen LogP contribution in [0.3, 0.4) is 0 Å². The summed E-state index contributed by atoms with van der Waals surface area (Å²) in [5.74, 6) is -4.60. The number of nitrogens with zero attached hydrogens (tertiary/aromatic N) is 4. The van der Waals surface area contributed by atoms with Crippen molar-refractivity contribution >= 4 is 28.2 Å². The van der Waals surface area contributed by atoms with Crippen molar-refractivity contribution in [3.05, 3.63) is 59.5 Å². The van der Waals surface area contributed by atoms with Gasteiger partial charge in [-0.1, -0.05) is 12.1 Å². The number of benzene rings is 2. The van der Waals surface area contributed by atoms with E-state index in [4.69, 9.17) is 9.84 Å². The van der Waals surface area contributed by atoms with Crippen molar-refractivity contribution in [2.75, 3.05) is 56.2 Å². The van der Waals surface area contributed by atoms with Crippen LogP contribution in [-0.2, 0) is 22.0 Å². The number of piperazine rings is 1. The van der Waals surface area contributed by atoms with Crippen LogP contribution in [-0.4, -0.2) is 72.1 Å². The van der Waals surface area contributed by atoms with Gasteiger partial charge in [0.25, 0.3) is 5.92 Å². The molecule has 11 heteroatoms. The number of amides is 1. The molecule has 3 aromatic rings. The fourth-order valence-electron chi connectivity index (χ4n) is 4.48. The Morgan fingerprint density at radius 2 is 1.94 bits per heavy atom. The van der Waals surface area contributed by atoms with Crippen molar-refractivity contribution in [3.8, 4) is 0 Å². The monoisotopic (exact) mass is 501 g/mol. The van der Waals surface area contributed by atoms with Crippen molar-refractivity contribution in [2.45, 2.75) is 12.5 Å². The highest BCUT2D eigenvalue weighted by Crippen LogP contribution is 2.32. The average molecular weight is 502 g/mol. The summed E-state index contributed by atoms with van der Waals surface area (Å²) in [7, 11) is 0. The first kappa shape index (κ1) is 24.3. The fourth-order valence-corrected chi connectivity index (χ4v) is 4.48. The van der Waals surface area contributed by atoms with E-state index in [2.05, 4.69) is 20.4 Å². The first-order valence-corrected chi connectivity index (χ1v) is 11.7. The van der Waals surface area contributed by atoms with Crippen LogP contribution in [0.25, 0.3) is 10.9 Å². The lowest BCUT2D eigenvalue weighted by Gasteiger charge is -2.39. The van der Waals surface area contributed by atoms with E-state index >= 15 is 0 Å². The summed E-state index contributed by atoms with van der Waals surface area (Å²) in [5, 5.41) is 20.9. The Morgan fingerprint density at radius 1 is 1.17 bits per heavy atom. The van der Waals surface area contributed by atoms with E-state index in [9.17, 15) is 18.0 Å². The van der Waals surface area contributed by atoms with Crippen LogP contribution in [0.5, 0.6) is 0 Å². The lowest BCUT2D eigenvalue weighted by Crippen LogP contribution is -2.53. The van der Waals surface area contributed by atoms with Crippen molar-refractivity contribution in [1.82, 2.24) is 15.1 Å². The number of carbonyl (C=O) groups is 1. The molecule has 8 nitrogen and oxygen atoms in total. The molecule has 190 valence electrons. The van der Waals surface area contributed by atoms with Crippen molar-refractivity contribution < 1.29 is 27.8 Å². The molecule has 2 aliphatic heterocycles. The maximum atomic E-state index is 14.7. The standard InChI is InChI=1S/C25H26F3N5O3/c26-23-16(2-1-3-20(23)25(27,28)15-34)11-29-22-12-30-31-21-5-4-18(10-19(21)22)32-6-8-33(9-7-32)24(35)17-13-36-14-17/h1-5,10,12,17,34H,6-9,11,13-15H2,(H,29,31). The Bertz CT molecular complexity index is 1260. The molecule has 1 amide bonds. The van der Waals surface area contributed by atoms with Crippen LogP contribution in [0, 0.1) is 11.7 Å². The molecule has 1 aromatic heterocycles. The zero-order chi connectivity index (χ0) is 25.3. The molecule has 0 spiro atoms. The number of ether oxygens (including phenoxy) is 1. The van der Waals surface area contributed by atoms with Crippen molar-refractivity contribution in [3.63, 3.8) is 0 Å². The van der Waals surface area contributed by atoms with E-state index in [1.165, 1.54) is 18.3 Å².